The van der Waals surface area contributed by atoms with Crippen molar-refractivity contribution in [3.8, 4) is 0 Å². The van der Waals surface area contributed by atoms with Gasteiger partial charge in [-0.15, -0.1) is 0 Å². The van der Waals surface area contributed by atoms with E-state index in [4.69, 9.17) is 0 Å². The molecule has 7 nitrogen and oxygen atoms in total. The Bertz CT molecular complexity index is 1560. The summed E-state index contributed by atoms with van der Waals surface area (Å²) in [4.78, 5) is 28.4. The quantitative estimate of drug-likeness (QED) is 0.298. The predicted octanol–water partition coefficient (Wildman–Crippen LogP) is 4.04. The van der Waals surface area contributed by atoms with Crippen molar-refractivity contribution >= 4 is 27.7 Å². The first-order valence-corrected chi connectivity index (χ1v) is 12.6. The number of carbonyl (C=O) groups excluding carboxylic acids is 1. The van der Waals surface area contributed by atoms with Crippen LogP contribution in [0.1, 0.15) is 17.5 Å². The third-order valence-corrected chi connectivity index (χ3v) is 6.58. The van der Waals surface area contributed by atoms with Crippen molar-refractivity contribution in [3.05, 3.63) is 113 Å². The molecule has 0 fully saturated rings. The average Bonchev–Trinajstić information content (AvgIpc) is 3.23. The van der Waals surface area contributed by atoms with Gasteiger partial charge in [0.25, 0.3) is 5.56 Å². The Balaban J connectivity index is 1.27. The number of carbonyl (C=O) groups is 1. The Morgan fingerprint density at radius 1 is 0.892 bits per heavy atom. The lowest BCUT2D eigenvalue weighted by Gasteiger charge is -2.16. The lowest BCUT2D eigenvalue weighted by Crippen LogP contribution is -2.35. The summed E-state index contributed by atoms with van der Waals surface area (Å²) in [6.45, 7) is 2.72. The summed E-state index contributed by atoms with van der Waals surface area (Å²) in [5, 5.41) is 9.06. The molecule has 5 rings (SSSR count). The fourth-order valence-corrected chi connectivity index (χ4v) is 4.78. The van der Waals surface area contributed by atoms with Crippen LogP contribution in [0.5, 0.6) is 0 Å². The van der Waals surface area contributed by atoms with E-state index in [1.54, 1.807) is 6.20 Å². The first-order chi connectivity index (χ1) is 18.1. The van der Waals surface area contributed by atoms with Gasteiger partial charge in [-0.3, -0.25) is 9.59 Å². The molecule has 0 spiro atoms. The normalized spacial score (nSPS) is 11.4. The van der Waals surface area contributed by atoms with Gasteiger partial charge in [-0.2, -0.15) is 5.10 Å². The highest BCUT2D eigenvalue weighted by atomic mass is 16.2. The molecule has 0 aliphatic rings. The molecule has 3 aromatic carbocycles. The maximum Gasteiger partial charge on any atom is 0.291 e. The zero-order valence-electron chi connectivity index (χ0n) is 21.0. The van der Waals surface area contributed by atoms with Gasteiger partial charge in [-0.25, -0.2) is 4.68 Å². The number of nitrogens with one attached hydrogen (secondary N) is 1. The Kier molecular flexibility index (Phi) is 7.42. The number of fused-ring (bicyclic) bond motifs is 3. The van der Waals surface area contributed by atoms with Gasteiger partial charge >= 0.3 is 0 Å². The Hall–Kier alpha value is -4.23. The van der Waals surface area contributed by atoms with Crippen LogP contribution in [0.4, 0.5) is 0 Å². The molecule has 1 amide bonds. The predicted molar refractivity (Wildman–Crippen MR) is 147 cm³/mol. The monoisotopic (exact) mass is 493 g/mol. The van der Waals surface area contributed by atoms with Crippen molar-refractivity contribution in [1.82, 2.24) is 24.6 Å². The Morgan fingerprint density at radius 3 is 2.32 bits per heavy atom. The van der Waals surface area contributed by atoms with Crippen LogP contribution in [-0.4, -0.2) is 45.3 Å². The fourth-order valence-electron chi connectivity index (χ4n) is 4.78. The first kappa shape index (κ1) is 24.5. The minimum atomic E-state index is -0.262. The summed E-state index contributed by atoms with van der Waals surface area (Å²) in [6, 6.07) is 28.3. The Labute approximate surface area is 215 Å². The molecule has 0 saturated carbocycles. The van der Waals surface area contributed by atoms with Gasteiger partial charge < -0.3 is 14.8 Å². The summed E-state index contributed by atoms with van der Waals surface area (Å²) in [6.07, 6.45) is 2.52. The molecule has 0 atom stereocenters. The largest absolute Gasteiger partial charge is 0.354 e. The van der Waals surface area contributed by atoms with E-state index in [1.807, 2.05) is 77.4 Å². The Morgan fingerprint density at radius 2 is 1.57 bits per heavy atom. The number of amides is 1. The van der Waals surface area contributed by atoms with Crippen LogP contribution in [0.15, 0.2) is 95.9 Å². The smallest absolute Gasteiger partial charge is 0.291 e. The molecule has 0 bridgehead atoms. The van der Waals surface area contributed by atoms with Crippen LogP contribution >= 0.6 is 0 Å². The molecule has 0 radical (unpaired) electrons. The van der Waals surface area contributed by atoms with Crippen molar-refractivity contribution < 1.29 is 4.79 Å². The minimum absolute atomic E-state index is 0.110. The number of hydrogen-bond donors (Lipinski definition) is 1. The van der Waals surface area contributed by atoms with Crippen molar-refractivity contribution in [2.45, 2.75) is 26.1 Å². The second-order valence-electron chi connectivity index (χ2n) is 9.39. The van der Waals surface area contributed by atoms with Gasteiger partial charge in [0.05, 0.1) is 6.20 Å². The number of aromatic nitrogens is 3. The van der Waals surface area contributed by atoms with Crippen LogP contribution < -0.4 is 10.9 Å². The van der Waals surface area contributed by atoms with E-state index < -0.39 is 0 Å². The number of benzene rings is 3. The first-order valence-electron chi connectivity index (χ1n) is 12.6. The molecular formula is C30H31N5O2. The maximum absolute atomic E-state index is 13.5. The van der Waals surface area contributed by atoms with Crippen molar-refractivity contribution in [1.29, 1.82) is 0 Å². The molecule has 37 heavy (non-hydrogen) atoms. The summed E-state index contributed by atoms with van der Waals surface area (Å²) in [7, 11) is 2.07. The summed E-state index contributed by atoms with van der Waals surface area (Å²) >= 11 is 0. The summed E-state index contributed by atoms with van der Waals surface area (Å²) in [5.74, 6) is -0.217. The molecule has 0 aliphatic heterocycles. The van der Waals surface area contributed by atoms with E-state index >= 15 is 0 Å². The van der Waals surface area contributed by atoms with Gasteiger partial charge in [-0.05, 0) is 37.2 Å². The molecule has 2 aromatic heterocycles. The highest BCUT2D eigenvalue weighted by Crippen LogP contribution is 2.27. The van der Waals surface area contributed by atoms with E-state index in [0.717, 1.165) is 41.4 Å². The number of para-hydroxylation sites is 1. The number of nitrogens with zero attached hydrogens (tertiary/aromatic N) is 4. The molecule has 0 saturated heterocycles. The van der Waals surface area contributed by atoms with E-state index in [9.17, 15) is 9.59 Å². The zero-order chi connectivity index (χ0) is 25.6. The molecule has 7 heteroatoms. The zero-order valence-corrected chi connectivity index (χ0v) is 21.0. The molecule has 5 aromatic rings. The van der Waals surface area contributed by atoms with Crippen molar-refractivity contribution in [2.75, 3.05) is 20.1 Å². The van der Waals surface area contributed by atoms with E-state index in [1.165, 1.54) is 10.2 Å². The van der Waals surface area contributed by atoms with Gasteiger partial charge in [0.15, 0.2) is 0 Å². The second-order valence-corrected chi connectivity index (χ2v) is 9.39. The van der Waals surface area contributed by atoms with E-state index in [2.05, 4.69) is 34.5 Å². The lowest BCUT2D eigenvalue weighted by molar-refractivity contribution is -0.121. The second kappa shape index (κ2) is 11.2. The topological polar surface area (TPSA) is 72.2 Å². The van der Waals surface area contributed by atoms with Gasteiger partial charge in [0.1, 0.15) is 12.1 Å². The number of hydrogen-bond acceptors (Lipinski definition) is 4. The third kappa shape index (κ3) is 5.62. The van der Waals surface area contributed by atoms with Crippen LogP contribution in [0.3, 0.4) is 0 Å². The van der Waals surface area contributed by atoms with Gasteiger partial charge in [0, 0.05) is 35.9 Å². The van der Waals surface area contributed by atoms with E-state index in [-0.39, 0.29) is 18.0 Å². The summed E-state index contributed by atoms with van der Waals surface area (Å²) < 4.78 is 3.29. The minimum Gasteiger partial charge on any atom is -0.354 e. The van der Waals surface area contributed by atoms with Crippen LogP contribution in [0, 0.1) is 0 Å². The van der Waals surface area contributed by atoms with Crippen molar-refractivity contribution in [2.24, 2.45) is 0 Å². The summed E-state index contributed by atoms with van der Waals surface area (Å²) in [5.41, 5.74) is 3.64. The van der Waals surface area contributed by atoms with Crippen LogP contribution in [0.25, 0.3) is 21.8 Å². The standard InChI is InChI=1S/C30H31N5O2/c1-33(20-23-11-4-2-5-12-23)18-10-17-31-28(36)22-35-30(37)29-26(19-32-35)25-15-8-9-16-27(25)34(29)21-24-13-6-3-7-14-24/h2-9,11-16,19H,10,17-18,20-22H2,1H3,(H,31,36). The third-order valence-electron chi connectivity index (χ3n) is 6.58. The highest BCUT2D eigenvalue weighted by Gasteiger charge is 2.17. The molecule has 188 valence electrons. The molecule has 2 heterocycles. The van der Waals surface area contributed by atoms with Crippen LogP contribution in [0.2, 0.25) is 0 Å². The molecular weight excluding hydrogens is 462 g/mol. The van der Waals surface area contributed by atoms with Crippen molar-refractivity contribution in [3.63, 3.8) is 0 Å². The fraction of sp³-hybridized carbons (Fsp3) is 0.233. The number of rotatable bonds is 10. The van der Waals surface area contributed by atoms with Crippen LogP contribution in [-0.2, 0) is 24.4 Å². The molecule has 0 unspecified atom stereocenters. The average molecular weight is 494 g/mol. The molecule has 0 aliphatic carbocycles. The molecule has 1 N–H and O–H groups in total. The SMILES string of the molecule is CN(CCCNC(=O)Cn1ncc2c3ccccc3n(Cc3ccccc3)c2c1=O)Cc1ccccc1. The van der Waals surface area contributed by atoms with Gasteiger partial charge in [-0.1, -0.05) is 78.9 Å². The maximum atomic E-state index is 13.5. The lowest BCUT2D eigenvalue weighted by atomic mass is 10.2. The van der Waals surface area contributed by atoms with E-state index in [0.29, 0.717) is 18.6 Å². The van der Waals surface area contributed by atoms with Gasteiger partial charge in [0.2, 0.25) is 5.91 Å². The highest BCUT2D eigenvalue weighted by molar-refractivity contribution is 6.07.